The number of fused-ring (bicyclic) bond motifs is 3. The van der Waals surface area contributed by atoms with E-state index in [1.54, 1.807) is 16.8 Å². The molecule has 2 aliphatic carbocycles. The lowest BCUT2D eigenvalue weighted by molar-refractivity contribution is 0.221. The van der Waals surface area contributed by atoms with Crippen LogP contribution < -0.4 is 5.32 Å². The van der Waals surface area contributed by atoms with Crippen molar-refractivity contribution >= 4 is 27.4 Å². The highest BCUT2D eigenvalue weighted by Crippen LogP contribution is 2.46. The van der Waals surface area contributed by atoms with E-state index >= 15 is 0 Å². The van der Waals surface area contributed by atoms with Crippen LogP contribution in [0.5, 0.6) is 0 Å². The molecule has 1 atom stereocenters. The largest absolute Gasteiger partial charge is 0.367 e. The zero-order chi connectivity index (χ0) is 19.1. The predicted molar refractivity (Wildman–Crippen MR) is 118 cm³/mol. The van der Waals surface area contributed by atoms with E-state index in [9.17, 15) is 0 Å². The van der Waals surface area contributed by atoms with E-state index in [-0.39, 0.29) is 0 Å². The quantitative estimate of drug-likeness (QED) is 0.820. The Kier molecular flexibility index (Phi) is 5.28. The van der Waals surface area contributed by atoms with Gasteiger partial charge in [0.25, 0.3) is 0 Å². The van der Waals surface area contributed by atoms with Crippen molar-refractivity contribution in [2.75, 3.05) is 39.0 Å². The molecule has 0 radical (unpaired) electrons. The summed E-state index contributed by atoms with van der Waals surface area (Å²) in [6, 6.07) is 1.28. The molecule has 0 bridgehead atoms. The first-order valence-electron chi connectivity index (χ1n) is 11.1. The summed E-state index contributed by atoms with van der Waals surface area (Å²) in [5, 5.41) is 5.18. The van der Waals surface area contributed by atoms with Crippen molar-refractivity contribution in [2.24, 2.45) is 0 Å². The number of anilines is 1. The molecule has 0 amide bonds. The first kappa shape index (κ1) is 18.8. The van der Waals surface area contributed by atoms with Gasteiger partial charge in [-0.15, -0.1) is 11.3 Å². The number of thiophene rings is 1. The van der Waals surface area contributed by atoms with E-state index in [4.69, 9.17) is 4.98 Å². The van der Waals surface area contributed by atoms with Gasteiger partial charge in [-0.2, -0.15) is 0 Å². The number of rotatable bonds is 5. The highest BCUT2D eigenvalue weighted by Gasteiger charge is 2.32. The van der Waals surface area contributed by atoms with Gasteiger partial charge in [0.2, 0.25) is 0 Å². The van der Waals surface area contributed by atoms with Crippen LogP contribution in [0.15, 0.2) is 6.33 Å². The molecule has 2 aromatic rings. The second kappa shape index (κ2) is 7.88. The fourth-order valence-corrected chi connectivity index (χ4v) is 6.81. The molecule has 1 unspecified atom stereocenters. The van der Waals surface area contributed by atoms with Gasteiger partial charge in [0.15, 0.2) is 0 Å². The normalized spacial score (nSPS) is 28.3. The van der Waals surface area contributed by atoms with Crippen molar-refractivity contribution in [3.63, 3.8) is 0 Å². The van der Waals surface area contributed by atoms with Gasteiger partial charge >= 0.3 is 0 Å². The van der Waals surface area contributed by atoms with E-state index in [0.717, 1.165) is 11.9 Å². The minimum absolute atomic E-state index is 0.545. The lowest BCUT2D eigenvalue weighted by atomic mass is 9.90. The third kappa shape index (κ3) is 3.55. The first-order chi connectivity index (χ1) is 13.7. The Morgan fingerprint density at radius 1 is 1.11 bits per heavy atom. The summed E-state index contributed by atoms with van der Waals surface area (Å²) in [5.41, 5.74) is 1.58. The van der Waals surface area contributed by atoms with E-state index in [2.05, 4.69) is 34.2 Å². The molecule has 28 heavy (non-hydrogen) atoms. The maximum absolute atomic E-state index is 4.73. The topological polar surface area (TPSA) is 44.3 Å². The summed E-state index contributed by atoms with van der Waals surface area (Å²) in [4.78, 5) is 17.2. The molecule has 6 heteroatoms. The molecule has 2 fully saturated rings. The molecular weight excluding hydrogens is 366 g/mol. The maximum atomic E-state index is 4.73. The Hall–Kier alpha value is -1.24. The molecule has 1 saturated carbocycles. The summed E-state index contributed by atoms with van der Waals surface area (Å²) in [5.74, 6) is 1.77. The van der Waals surface area contributed by atoms with E-state index in [0.29, 0.717) is 12.0 Å². The van der Waals surface area contributed by atoms with E-state index < -0.39 is 0 Å². The zero-order valence-electron chi connectivity index (χ0n) is 17.3. The summed E-state index contributed by atoms with van der Waals surface area (Å²) >= 11 is 1.91. The molecule has 5 rings (SSSR count). The molecule has 0 aromatic carbocycles. The number of aryl methyl sites for hydroxylation is 1. The fraction of sp³-hybridized carbons (Fsp3) is 0.727. The van der Waals surface area contributed by atoms with Crippen LogP contribution in [0.4, 0.5) is 5.82 Å². The molecule has 1 saturated heterocycles. The lowest BCUT2D eigenvalue weighted by Crippen LogP contribution is -2.36. The minimum atomic E-state index is 0.545. The standard InChI is InChI=1S/C22H33N5S/c1-26(2)17-8-6-16(7-9-17)25-21-20-19-15(13-27-11-3-4-12-27)5-10-18(19)28-22(20)24-14-23-21/h14-17H,3-13H2,1-2H3,(H,23,24,25). The van der Waals surface area contributed by atoms with Crippen LogP contribution in [0.25, 0.3) is 10.2 Å². The number of aromatic nitrogens is 2. The molecule has 3 heterocycles. The van der Waals surface area contributed by atoms with E-state index in [1.165, 1.54) is 81.2 Å². The highest BCUT2D eigenvalue weighted by atomic mass is 32.1. The van der Waals surface area contributed by atoms with Gasteiger partial charge in [0.1, 0.15) is 17.0 Å². The number of likely N-dealkylation sites (tertiary alicyclic amines) is 1. The van der Waals surface area contributed by atoms with Crippen LogP contribution >= 0.6 is 11.3 Å². The second-order valence-electron chi connectivity index (χ2n) is 9.20. The molecule has 152 valence electrons. The van der Waals surface area contributed by atoms with Crippen molar-refractivity contribution in [1.82, 2.24) is 19.8 Å². The number of hydrogen-bond donors (Lipinski definition) is 1. The monoisotopic (exact) mass is 399 g/mol. The third-order valence-electron chi connectivity index (χ3n) is 7.18. The SMILES string of the molecule is CN(C)C1CCC(Nc2ncnc3sc4c(c23)C(CN2CCCC2)CC4)CC1. The Morgan fingerprint density at radius 3 is 2.64 bits per heavy atom. The lowest BCUT2D eigenvalue weighted by Gasteiger charge is -2.33. The van der Waals surface area contributed by atoms with Gasteiger partial charge in [0.05, 0.1) is 5.39 Å². The van der Waals surface area contributed by atoms with Crippen molar-refractivity contribution in [1.29, 1.82) is 0 Å². The zero-order valence-corrected chi connectivity index (χ0v) is 18.1. The van der Waals surface area contributed by atoms with Crippen LogP contribution in [0.3, 0.4) is 0 Å². The maximum Gasteiger partial charge on any atom is 0.138 e. The van der Waals surface area contributed by atoms with Crippen LogP contribution in [-0.2, 0) is 6.42 Å². The Balaban J connectivity index is 1.38. The molecular formula is C22H33N5S. The predicted octanol–water partition coefficient (Wildman–Crippen LogP) is 4.10. The fourth-order valence-electron chi connectivity index (χ4n) is 5.57. The summed E-state index contributed by atoms with van der Waals surface area (Å²) in [6.07, 6.45) is 12.0. The van der Waals surface area contributed by atoms with Gasteiger partial charge in [0, 0.05) is 23.5 Å². The summed E-state index contributed by atoms with van der Waals surface area (Å²) < 4.78 is 0. The third-order valence-corrected chi connectivity index (χ3v) is 8.35. The summed E-state index contributed by atoms with van der Waals surface area (Å²) in [6.45, 7) is 3.79. The van der Waals surface area contributed by atoms with Crippen molar-refractivity contribution in [3.8, 4) is 0 Å². The van der Waals surface area contributed by atoms with Crippen LogP contribution in [0.2, 0.25) is 0 Å². The number of nitrogens with zero attached hydrogens (tertiary/aromatic N) is 4. The Bertz CT molecular complexity index is 818. The highest BCUT2D eigenvalue weighted by molar-refractivity contribution is 7.19. The van der Waals surface area contributed by atoms with Gasteiger partial charge in [-0.1, -0.05) is 0 Å². The smallest absolute Gasteiger partial charge is 0.138 e. The van der Waals surface area contributed by atoms with Crippen LogP contribution in [0, 0.1) is 0 Å². The first-order valence-corrected chi connectivity index (χ1v) is 11.9. The molecule has 1 N–H and O–H groups in total. The van der Waals surface area contributed by atoms with Gasteiger partial charge in [-0.3, -0.25) is 0 Å². The van der Waals surface area contributed by atoms with Crippen LogP contribution in [-0.4, -0.2) is 65.6 Å². The molecule has 2 aromatic heterocycles. The number of hydrogen-bond acceptors (Lipinski definition) is 6. The molecule has 5 nitrogen and oxygen atoms in total. The molecule has 1 aliphatic heterocycles. The van der Waals surface area contributed by atoms with Gasteiger partial charge < -0.3 is 15.1 Å². The molecule has 3 aliphatic rings. The second-order valence-corrected chi connectivity index (χ2v) is 10.3. The van der Waals surface area contributed by atoms with Crippen molar-refractivity contribution in [2.45, 2.75) is 69.4 Å². The average molecular weight is 400 g/mol. The molecule has 0 spiro atoms. The minimum Gasteiger partial charge on any atom is -0.367 e. The number of nitrogens with one attached hydrogen (secondary N) is 1. The summed E-state index contributed by atoms with van der Waals surface area (Å²) in [7, 11) is 4.42. The van der Waals surface area contributed by atoms with Gasteiger partial charge in [-0.25, -0.2) is 9.97 Å². The average Bonchev–Trinajstić information content (AvgIpc) is 3.41. The Morgan fingerprint density at radius 2 is 1.89 bits per heavy atom. The van der Waals surface area contributed by atoms with Crippen molar-refractivity contribution < 1.29 is 0 Å². The van der Waals surface area contributed by atoms with Gasteiger partial charge in [-0.05, 0) is 90.0 Å². The van der Waals surface area contributed by atoms with E-state index in [1.807, 2.05) is 11.3 Å². The van der Waals surface area contributed by atoms with Crippen LogP contribution in [0.1, 0.15) is 61.3 Å². The van der Waals surface area contributed by atoms with Crippen molar-refractivity contribution in [3.05, 3.63) is 16.8 Å². The Labute approximate surface area is 172 Å².